The summed E-state index contributed by atoms with van der Waals surface area (Å²) in [7, 11) is 5.93. The summed E-state index contributed by atoms with van der Waals surface area (Å²) in [5.74, 6) is -2.08. The third kappa shape index (κ3) is 44.1. The lowest BCUT2D eigenvalue weighted by Crippen LogP contribution is -2.40. The summed E-state index contributed by atoms with van der Waals surface area (Å²) >= 11 is 0. The van der Waals surface area contributed by atoms with E-state index in [1.807, 2.05) is 21.1 Å². The molecular formula is C52H86NO8+. The zero-order valence-electron chi connectivity index (χ0n) is 39.0. The third-order valence-electron chi connectivity index (χ3n) is 9.31. The van der Waals surface area contributed by atoms with Crippen molar-refractivity contribution in [1.82, 2.24) is 0 Å². The van der Waals surface area contributed by atoms with Gasteiger partial charge in [-0.2, -0.15) is 0 Å². The van der Waals surface area contributed by atoms with Crippen molar-refractivity contribution in [3.05, 3.63) is 97.2 Å². The number of quaternary nitrogens is 1. The zero-order valence-corrected chi connectivity index (χ0v) is 39.0. The number of unbranched alkanes of at least 4 members (excludes halogenated alkanes) is 10. The number of allylic oxidation sites excluding steroid dienone is 16. The van der Waals surface area contributed by atoms with Crippen LogP contribution in [0.1, 0.15) is 155 Å². The Bertz CT molecular complexity index is 1320. The van der Waals surface area contributed by atoms with Gasteiger partial charge in [0.25, 0.3) is 6.29 Å². The highest BCUT2D eigenvalue weighted by molar-refractivity contribution is 5.71. The lowest BCUT2D eigenvalue weighted by atomic mass is 10.1. The average molecular weight is 853 g/mol. The minimum Gasteiger partial charge on any atom is -0.477 e. The molecular weight excluding hydrogens is 767 g/mol. The number of nitrogens with zero attached hydrogens (tertiary/aromatic N) is 1. The highest BCUT2D eigenvalue weighted by Crippen LogP contribution is 2.12. The molecule has 0 spiro atoms. The van der Waals surface area contributed by atoms with Crippen molar-refractivity contribution in [3.8, 4) is 0 Å². The van der Waals surface area contributed by atoms with Crippen molar-refractivity contribution in [3.63, 3.8) is 0 Å². The first-order valence-corrected chi connectivity index (χ1v) is 23.4. The molecule has 0 heterocycles. The monoisotopic (exact) mass is 853 g/mol. The van der Waals surface area contributed by atoms with Crippen molar-refractivity contribution in [2.45, 2.75) is 167 Å². The molecule has 0 aromatic rings. The predicted octanol–water partition coefficient (Wildman–Crippen LogP) is 12.7. The Morgan fingerprint density at radius 2 is 0.934 bits per heavy atom. The predicted molar refractivity (Wildman–Crippen MR) is 253 cm³/mol. The van der Waals surface area contributed by atoms with E-state index in [2.05, 4.69) is 111 Å². The largest absolute Gasteiger partial charge is 0.477 e. The number of hydrogen-bond acceptors (Lipinski definition) is 7. The van der Waals surface area contributed by atoms with E-state index < -0.39 is 24.3 Å². The van der Waals surface area contributed by atoms with Gasteiger partial charge in [-0.1, -0.05) is 150 Å². The maximum Gasteiger partial charge on any atom is 0.361 e. The molecule has 1 N–H and O–H groups in total. The molecule has 0 saturated heterocycles. The van der Waals surface area contributed by atoms with Crippen molar-refractivity contribution in [2.75, 3.05) is 47.5 Å². The molecule has 61 heavy (non-hydrogen) atoms. The van der Waals surface area contributed by atoms with E-state index in [1.54, 1.807) is 0 Å². The topological polar surface area (TPSA) is 108 Å². The summed E-state index contributed by atoms with van der Waals surface area (Å²) in [6.45, 7) is 4.61. The minimum atomic E-state index is -1.53. The van der Waals surface area contributed by atoms with E-state index in [0.29, 0.717) is 17.4 Å². The molecule has 0 aliphatic rings. The second kappa shape index (κ2) is 42.9. The first kappa shape index (κ1) is 57.2. The van der Waals surface area contributed by atoms with Crippen LogP contribution in [-0.4, -0.2) is 87.4 Å². The molecule has 9 nitrogen and oxygen atoms in total. The summed E-state index contributed by atoms with van der Waals surface area (Å²) in [6, 6.07) is 0. The molecule has 346 valence electrons. The number of carboxylic acid groups (broad SMARTS) is 1. The first-order valence-electron chi connectivity index (χ1n) is 23.4. The summed E-state index contributed by atoms with van der Waals surface area (Å²) < 4.78 is 22.7. The third-order valence-corrected chi connectivity index (χ3v) is 9.31. The van der Waals surface area contributed by atoms with Crippen LogP contribution in [0.4, 0.5) is 0 Å². The van der Waals surface area contributed by atoms with Crippen LogP contribution < -0.4 is 0 Å². The van der Waals surface area contributed by atoms with E-state index in [1.165, 1.54) is 6.42 Å². The van der Waals surface area contributed by atoms with E-state index in [0.717, 1.165) is 116 Å². The zero-order chi connectivity index (χ0) is 44.9. The van der Waals surface area contributed by atoms with E-state index in [9.17, 15) is 19.5 Å². The van der Waals surface area contributed by atoms with Gasteiger partial charge in [0.15, 0.2) is 6.10 Å². The fourth-order valence-corrected chi connectivity index (χ4v) is 5.70. The Balaban J connectivity index is 4.48. The van der Waals surface area contributed by atoms with Crippen LogP contribution in [0.15, 0.2) is 97.2 Å². The smallest absolute Gasteiger partial charge is 0.361 e. The van der Waals surface area contributed by atoms with Crippen molar-refractivity contribution < 1.29 is 42.9 Å². The molecule has 0 aliphatic heterocycles. The Hall–Kier alpha value is -3.79. The molecule has 0 aromatic carbocycles. The van der Waals surface area contributed by atoms with Crippen LogP contribution in [0.5, 0.6) is 0 Å². The number of aliphatic carboxylic acids is 1. The normalized spacial score (nSPS) is 13.8. The van der Waals surface area contributed by atoms with Gasteiger partial charge in [0.2, 0.25) is 0 Å². The molecule has 0 amide bonds. The van der Waals surface area contributed by atoms with Gasteiger partial charge in [-0.3, -0.25) is 9.59 Å². The lowest BCUT2D eigenvalue weighted by Gasteiger charge is -2.25. The van der Waals surface area contributed by atoms with Gasteiger partial charge in [0.05, 0.1) is 34.4 Å². The van der Waals surface area contributed by atoms with E-state index in [-0.39, 0.29) is 38.6 Å². The van der Waals surface area contributed by atoms with Crippen LogP contribution >= 0.6 is 0 Å². The molecule has 2 unspecified atom stereocenters. The van der Waals surface area contributed by atoms with E-state index in [4.69, 9.17) is 18.9 Å². The van der Waals surface area contributed by atoms with Gasteiger partial charge in [0, 0.05) is 12.8 Å². The Labute approximate surface area is 372 Å². The fourth-order valence-electron chi connectivity index (χ4n) is 5.70. The first-order chi connectivity index (χ1) is 29.6. The molecule has 9 heteroatoms. The lowest BCUT2D eigenvalue weighted by molar-refractivity contribution is -0.870. The number of hydrogen-bond donors (Lipinski definition) is 1. The van der Waals surface area contributed by atoms with Crippen LogP contribution in [-0.2, 0) is 33.3 Å². The molecule has 0 fully saturated rings. The standard InChI is InChI=1S/C52H85NO8/c1-6-8-10-12-14-16-18-20-21-22-23-24-25-26-27-28-29-31-33-35-37-39-41-43-50(55)61-48(47-60-52(51(56)57)58-45-44-53(3,4)5)46-59-49(54)42-40-38-36-34-32-30-19-17-15-13-11-9-7-2/h8,10-11,13-14,16-17,19-21,23-24,26-27,29,31,48,52H,6-7,9,12,15,18,22,25,28,30,32-47H2,1-5H3/p+1/b10-8-,13-11-,16-14-,19-17-,21-20-,24-23-,27-26-,31-29-. The van der Waals surface area contributed by atoms with Gasteiger partial charge in [-0.25, -0.2) is 4.79 Å². The summed E-state index contributed by atoms with van der Waals surface area (Å²) in [6.07, 6.45) is 53.2. The van der Waals surface area contributed by atoms with Crippen LogP contribution in [0.3, 0.4) is 0 Å². The number of rotatable bonds is 41. The highest BCUT2D eigenvalue weighted by Gasteiger charge is 2.25. The number of likely N-dealkylation sites (N-methyl/N-ethyl adjacent to an activating group) is 1. The Morgan fingerprint density at radius 1 is 0.508 bits per heavy atom. The van der Waals surface area contributed by atoms with E-state index >= 15 is 0 Å². The van der Waals surface area contributed by atoms with Gasteiger partial charge in [-0.15, -0.1) is 0 Å². The SMILES string of the molecule is CC/C=C\C/C=C\C/C=C\C/C=C\C/C=C\C/C=C\CCCCCCC(=O)OC(COC(=O)CCCCCCC/C=C\C/C=C\CCC)COC(OCC[N+](C)(C)C)C(=O)O. The van der Waals surface area contributed by atoms with Crippen molar-refractivity contribution in [2.24, 2.45) is 0 Å². The number of ether oxygens (including phenoxy) is 4. The molecule has 0 bridgehead atoms. The Kier molecular flexibility index (Phi) is 40.2. The average Bonchev–Trinajstić information content (AvgIpc) is 3.22. The maximum atomic E-state index is 12.8. The van der Waals surface area contributed by atoms with Crippen LogP contribution in [0.25, 0.3) is 0 Å². The minimum absolute atomic E-state index is 0.174. The molecule has 0 aromatic heterocycles. The number of carboxylic acids is 1. The van der Waals surface area contributed by atoms with Gasteiger partial charge in [-0.05, 0) is 89.9 Å². The number of esters is 2. The summed E-state index contributed by atoms with van der Waals surface area (Å²) in [5.41, 5.74) is 0. The summed E-state index contributed by atoms with van der Waals surface area (Å²) in [5, 5.41) is 9.64. The van der Waals surface area contributed by atoms with Gasteiger partial charge in [0.1, 0.15) is 13.2 Å². The Morgan fingerprint density at radius 3 is 1.39 bits per heavy atom. The second-order valence-electron chi connectivity index (χ2n) is 16.3. The highest BCUT2D eigenvalue weighted by atomic mass is 16.7. The maximum absolute atomic E-state index is 12.8. The molecule has 0 radical (unpaired) electrons. The van der Waals surface area contributed by atoms with Gasteiger partial charge < -0.3 is 28.5 Å². The van der Waals surface area contributed by atoms with Crippen molar-refractivity contribution >= 4 is 17.9 Å². The second-order valence-corrected chi connectivity index (χ2v) is 16.3. The molecule has 0 rings (SSSR count). The molecule has 2 atom stereocenters. The number of carbonyl (C=O) groups is 3. The van der Waals surface area contributed by atoms with Crippen LogP contribution in [0, 0.1) is 0 Å². The van der Waals surface area contributed by atoms with Crippen LogP contribution in [0.2, 0.25) is 0 Å². The van der Waals surface area contributed by atoms with Gasteiger partial charge >= 0.3 is 17.9 Å². The molecule has 0 saturated carbocycles. The summed E-state index contributed by atoms with van der Waals surface area (Å²) in [4.78, 5) is 37.1. The quantitative estimate of drug-likeness (QED) is 0.0213. The molecule has 0 aliphatic carbocycles. The fraction of sp³-hybridized carbons (Fsp3) is 0.635. The van der Waals surface area contributed by atoms with Crippen molar-refractivity contribution in [1.29, 1.82) is 0 Å². The number of carbonyl (C=O) groups excluding carboxylic acids is 2.